The Morgan fingerprint density at radius 3 is 2.45 bits per heavy atom. The summed E-state index contributed by atoms with van der Waals surface area (Å²) in [5.74, 6) is -0.207. The molecule has 0 saturated carbocycles. The highest BCUT2D eigenvalue weighted by Crippen LogP contribution is 2.35. The molecule has 4 heteroatoms. The van der Waals surface area contributed by atoms with E-state index in [-0.39, 0.29) is 11.2 Å². The summed E-state index contributed by atoms with van der Waals surface area (Å²) >= 11 is 9.31. The van der Waals surface area contributed by atoms with Gasteiger partial charge in [0.05, 0.1) is 4.47 Å². The summed E-state index contributed by atoms with van der Waals surface area (Å²) in [6.45, 7) is 1.80. The fourth-order valence-corrected chi connectivity index (χ4v) is 3.24. The predicted molar refractivity (Wildman–Crippen MR) is 83.8 cm³/mol. The summed E-state index contributed by atoms with van der Waals surface area (Å²) in [5, 5.41) is 4.07. The van der Waals surface area contributed by atoms with E-state index in [1.54, 1.807) is 6.07 Å². The quantitative estimate of drug-likeness (QED) is 0.865. The van der Waals surface area contributed by atoms with Gasteiger partial charge in [-0.15, -0.1) is 0 Å². The molecule has 104 valence electrons. The number of hydrogen-bond acceptors (Lipinski definition) is 1. The van der Waals surface area contributed by atoms with Gasteiger partial charge in [-0.25, -0.2) is 4.39 Å². The van der Waals surface area contributed by atoms with Gasteiger partial charge in [0, 0.05) is 23.5 Å². The number of benzene rings is 2. The van der Waals surface area contributed by atoms with Gasteiger partial charge in [-0.3, -0.25) is 0 Å². The summed E-state index contributed by atoms with van der Waals surface area (Å²) < 4.78 is 14.2. The first-order valence-electron chi connectivity index (χ1n) is 6.50. The number of halogens is 3. The lowest BCUT2D eigenvalue weighted by molar-refractivity contribution is 0.274. The van der Waals surface area contributed by atoms with Crippen LogP contribution in [0.4, 0.5) is 4.39 Å². The standard InChI is InChI=1S/C16H14BrClFN/c17-15-11(2-1-3-14(15)19)8-16(9-20-10-16)12-4-6-13(18)7-5-12/h1-7,20H,8-10H2. The molecule has 1 aliphatic rings. The van der Waals surface area contributed by atoms with E-state index in [9.17, 15) is 4.39 Å². The van der Waals surface area contributed by atoms with Gasteiger partial charge in [0.15, 0.2) is 0 Å². The van der Waals surface area contributed by atoms with Crippen molar-refractivity contribution < 1.29 is 4.39 Å². The topological polar surface area (TPSA) is 12.0 Å². The van der Waals surface area contributed by atoms with Crippen molar-refractivity contribution in [3.05, 3.63) is 68.9 Å². The maximum absolute atomic E-state index is 13.7. The third-order valence-corrected chi connectivity index (χ3v) is 5.08. The molecule has 1 nitrogen and oxygen atoms in total. The first-order chi connectivity index (χ1) is 9.61. The molecule has 2 aromatic rings. The number of rotatable bonds is 3. The van der Waals surface area contributed by atoms with E-state index in [0.717, 1.165) is 30.1 Å². The van der Waals surface area contributed by atoms with Gasteiger partial charge in [0.1, 0.15) is 5.82 Å². The summed E-state index contributed by atoms with van der Waals surface area (Å²) in [7, 11) is 0. The lowest BCUT2D eigenvalue weighted by Crippen LogP contribution is -2.58. The minimum atomic E-state index is -0.207. The summed E-state index contributed by atoms with van der Waals surface area (Å²) in [6.07, 6.45) is 0.806. The Labute approximate surface area is 131 Å². The highest BCUT2D eigenvalue weighted by atomic mass is 79.9. The molecule has 0 atom stereocenters. The fraction of sp³-hybridized carbons (Fsp3) is 0.250. The Bertz CT molecular complexity index is 623. The Morgan fingerprint density at radius 2 is 1.85 bits per heavy atom. The molecular formula is C16H14BrClFN. The van der Waals surface area contributed by atoms with Gasteiger partial charge >= 0.3 is 0 Å². The van der Waals surface area contributed by atoms with Crippen LogP contribution in [0, 0.1) is 5.82 Å². The summed E-state index contributed by atoms with van der Waals surface area (Å²) in [5.41, 5.74) is 2.28. The summed E-state index contributed by atoms with van der Waals surface area (Å²) in [6, 6.07) is 13.2. The van der Waals surface area contributed by atoms with Gasteiger partial charge in [0.25, 0.3) is 0 Å². The highest BCUT2D eigenvalue weighted by molar-refractivity contribution is 9.10. The molecule has 0 aromatic heterocycles. The Balaban J connectivity index is 1.94. The van der Waals surface area contributed by atoms with Crippen molar-refractivity contribution >= 4 is 27.5 Å². The van der Waals surface area contributed by atoms with Gasteiger partial charge in [-0.05, 0) is 51.7 Å². The van der Waals surface area contributed by atoms with E-state index in [2.05, 4.69) is 33.4 Å². The fourth-order valence-electron chi connectivity index (χ4n) is 2.71. The molecule has 0 unspecified atom stereocenters. The molecule has 3 rings (SSSR count). The van der Waals surface area contributed by atoms with Crippen LogP contribution in [-0.4, -0.2) is 13.1 Å². The molecular weight excluding hydrogens is 341 g/mol. The maximum Gasteiger partial charge on any atom is 0.137 e. The van der Waals surface area contributed by atoms with Crippen LogP contribution < -0.4 is 5.32 Å². The first-order valence-corrected chi connectivity index (χ1v) is 7.67. The third-order valence-electron chi connectivity index (χ3n) is 3.94. The Morgan fingerprint density at radius 1 is 1.15 bits per heavy atom. The van der Waals surface area contributed by atoms with Crippen LogP contribution in [0.2, 0.25) is 5.02 Å². The molecule has 1 heterocycles. The van der Waals surface area contributed by atoms with Crippen LogP contribution in [0.3, 0.4) is 0 Å². The molecule has 1 fully saturated rings. The summed E-state index contributed by atoms with van der Waals surface area (Å²) in [4.78, 5) is 0. The van der Waals surface area contributed by atoms with Crippen molar-refractivity contribution in [3.8, 4) is 0 Å². The van der Waals surface area contributed by atoms with Crippen molar-refractivity contribution in [2.24, 2.45) is 0 Å². The smallest absolute Gasteiger partial charge is 0.137 e. The predicted octanol–water partition coefficient (Wildman–Crippen LogP) is 4.33. The second-order valence-corrected chi connectivity index (χ2v) is 6.51. The van der Waals surface area contributed by atoms with Gasteiger partial charge in [0.2, 0.25) is 0 Å². The molecule has 1 saturated heterocycles. The van der Waals surface area contributed by atoms with Gasteiger partial charge < -0.3 is 5.32 Å². The Hall–Kier alpha value is -0.900. The number of hydrogen-bond donors (Lipinski definition) is 1. The molecule has 1 N–H and O–H groups in total. The van der Waals surface area contributed by atoms with Crippen LogP contribution in [0.25, 0.3) is 0 Å². The molecule has 0 radical (unpaired) electrons. The second-order valence-electron chi connectivity index (χ2n) is 5.28. The lowest BCUT2D eigenvalue weighted by Gasteiger charge is -2.43. The largest absolute Gasteiger partial charge is 0.315 e. The number of nitrogens with one attached hydrogen (secondary N) is 1. The molecule has 2 aromatic carbocycles. The average molecular weight is 355 g/mol. The van der Waals surface area contributed by atoms with Crippen molar-refractivity contribution in [1.82, 2.24) is 5.32 Å². The molecule has 1 aliphatic heterocycles. The maximum atomic E-state index is 13.7. The van der Waals surface area contributed by atoms with E-state index in [1.807, 2.05) is 18.2 Å². The monoisotopic (exact) mass is 353 g/mol. The van der Waals surface area contributed by atoms with Crippen molar-refractivity contribution in [2.45, 2.75) is 11.8 Å². The zero-order valence-corrected chi connectivity index (χ0v) is 13.1. The molecule has 0 amide bonds. The minimum Gasteiger partial charge on any atom is -0.315 e. The molecule has 0 aliphatic carbocycles. The van der Waals surface area contributed by atoms with Gasteiger partial charge in [-0.2, -0.15) is 0 Å². The van der Waals surface area contributed by atoms with E-state index in [1.165, 1.54) is 11.6 Å². The Kier molecular flexibility index (Phi) is 3.85. The van der Waals surface area contributed by atoms with E-state index in [4.69, 9.17) is 11.6 Å². The van der Waals surface area contributed by atoms with E-state index in [0.29, 0.717) is 4.47 Å². The van der Waals surface area contributed by atoms with Crippen LogP contribution >= 0.6 is 27.5 Å². The van der Waals surface area contributed by atoms with E-state index >= 15 is 0 Å². The average Bonchev–Trinajstić information content (AvgIpc) is 2.40. The molecule has 0 spiro atoms. The van der Waals surface area contributed by atoms with Crippen molar-refractivity contribution in [3.63, 3.8) is 0 Å². The normalized spacial score (nSPS) is 16.8. The van der Waals surface area contributed by atoms with Gasteiger partial charge in [-0.1, -0.05) is 35.9 Å². The van der Waals surface area contributed by atoms with E-state index < -0.39 is 0 Å². The van der Waals surface area contributed by atoms with Crippen LogP contribution in [0.15, 0.2) is 46.9 Å². The second kappa shape index (κ2) is 5.47. The van der Waals surface area contributed by atoms with Crippen molar-refractivity contribution in [1.29, 1.82) is 0 Å². The SMILES string of the molecule is Fc1cccc(CC2(c3ccc(Cl)cc3)CNC2)c1Br. The molecule has 20 heavy (non-hydrogen) atoms. The van der Waals surface area contributed by atoms with Crippen LogP contribution in [0.5, 0.6) is 0 Å². The van der Waals surface area contributed by atoms with Crippen molar-refractivity contribution in [2.75, 3.05) is 13.1 Å². The third kappa shape index (κ3) is 2.50. The zero-order valence-electron chi connectivity index (χ0n) is 10.8. The lowest BCUT2D eigenvalue weighted by atomic mass is 9.71. The van der Waals surface area contributed by atoms with Crippen LogP contribution in [0.1, 0.15) is 11.1 Å². The first kappa shape index (κ1) is 14.1. The minimum absolute atomic E-state index is 0.0287. The van der Waals surface area contributed by atoms with Crippen LogP contribution in [-0.2, 0) is 11.8 Å². The highest BCUT2D eigenvalue weighted by Gasteiger charge is 2.39. The molecule has 0 bridgehead atoms. The zero-order chi connectivity index (χ0) is 14.2.